The number of primary amides is 1. The Bertz CT molecular complexity index is 416. The third-order valence-electron chi connectivity index (χ3n) is 4.48. The molecule has 0 aliphatic heterocycles. The van der Waals surface area contributed by atoms with Gasteiger partial charge in [0.1, 0.15) is 0 Å². The Morgan fingerprint density at radius 3 is 2.19 bits per heavy atom. The number of carbonyl (C=O) groups is 1. The van der Waals surface area contributed by atoms with E-state index in [1.165, 1.54) is 18.4 Å². The molecule has 1 aromatic rings. The Morgan fingerprint density at radius 1 is 1.12 bits per heavy atom. The van der Waals surface area contributed by atoms with Crippen LogP contribution in [0.15, 0.2) is 30.3 Å². The summed E-state index contributed by atoms with van der Waals surface area (Å²) in [4.78, 5) is 11.6. The van der Waals surface area contributed by atoms with Crippen molar-refractivity contribution in [1.29, 1.82) is 0 Å². The van der Waals surface area contributed by atoms with Gasteiger partial charge >= 0.3 is 0 Å². The molecule has 84 valence electrons. The molecule has 2 N–H and O–H groups in total. The second-order valence-corrected chi connectivity index (χ2v) is 5.39. The van der Waals surface area contributed by atoms with Crippen LogP contribution >= 0.6 is 0 Å². The van der Waals surface area contributed by atoms with E-state index < -0.39 is 0 Å². The van der Waals surface area contributed by atoms with E-state index in [0.717, 1.165) is 19.3 Å². The maximum absolute atomic E-state index is 11.6. The summed E-state index contributed by atoms with van der Waals surface area (Å²) in [5.74, 6) is -0.0686. The number of amides is 1. The van der Waals surface area contributed by atoms with Crippen molar-refractivity contribution in [1.82, 2.24) is 0 Å². The van der Waals surface area contributed by atoms with Gasteiger partial charge in [-0.1, -0.05) is 30.3 Å². The molecule has 0 atom stereocenters. The van der Waals surface area contributed by atoms with Gasteiger partial charge in [-0.15, -0.1) is 0 Å². The van der Waals surface area contributed by atoms with Crippen LogP contribution in [0.1, 0.15) is 31.2 Å². The zero-order valence-corrected chi connectivity index (χ0v) is 9.41. The van der Waals surface area contributed by atoms with E-state index in [2.05, 4.69) is 24.3 Å². The topological polar surface area (TPSA) is 43.1 Å². The zero-order valence-electron chi connectivity index (χ0n) is 9.41. The molecule has 2 saturated carbocycles. The van der Waals surface area contributed by atoms with E-state index in [0.29, 0.717) is 0 Å². The van der Waals surface area contributed by atoms with Gasteiger partial charge in [-0.2, -0.15) is 0 Å². The van der Waals surface area contributed by atoms with Crippen LogP contribution in [0.25, 0.3) is 0 Å². The number of nitrogens with two attached hydrogens (primary N) is 1. The largest absolute Gasteiger partial charge is 0.369 e. The summed E-state index contributed by atoms with van der Waals surface area (Å²) in [7, 11) is 0. The molecule has 2 nitrogen and oxygen atoms in total. The first-order valence-electron chi connectivity index (χ1n) is 6.02. The molecule has 2 aliphatic carbocycles. The van der Waals surface area contributed by atoms with Crippen LogP contribution in [0, 0.1) is 10.8 Å². The van der Waals surface area contributed by atoms with Gasteiger partial charge in [-0.05, 0) is 43.1 Å². The van der Waals surface area contributed by atoms with Crippen molar-refractivity contribution in [2.45, 2.75) is 32.1 Å². The van der Waals surface area contributed by atoms with Gasteiger partial charge < -0.3 is 5.73 Å². The lowest BCUT2D eigenvalue weighted by molar-refractivity contribution is -0.125. The average Bonchev–Trinajstić information content (AvgIpc) is 3.13. The minimum atomic E-state index is -0.150. The molecule has 0 radical (unpaired) electrons. The molecule has 2 aliphatic rings. The maximum Gasteiger partial charge on any atom is 0.224 e. The molecule has 1 aromatic carbocycles. The fourth-order valence-corrected chi connectivity index (χ4v) is 3.13. The molecule has 3 rings (SSSR count). The molecule has 16 heavy (non-hydrogen) atoms. The van der Waals surface area contributed by atoms with Gasteiger partial charge in [0, 0.05) is 0 Å². The number of benzene rings is 1. The molecular formula is C14H17NO. The van der Waals surface area contributed by atoms with Crippen molar-refractivity contribution in [3.05, 3.63) is 35.9 Å². The number of carbonyl (C=O) groups excluding carboxylic acids is 1. The second kappa shape index (κ2) is 3.09. The average molecular weight is 215 g/mol. The van der Waals surface area contributed by atoms with Crippen LogP contribution in [0.2, 0.25) is 0 Å². The zero-order chi connectivity index (χ0) is 11.2. The lowest BCUT2D eigenvalue weighted by atomic mass is 9.80. The van der Waals surface area contributed by atoms with E-state index in [1.807, 2.05) is 6.07 Å². The predicted octanol–water partition coefficient (Wildman–Crippen LogP) is 2.27. The van der Waals surface area contributed by atoms with Crippen LogP contribution in [-0.2, 0) is 11.2 Å². The molecule has 0 bridgehead atoms. The normalized spacial score (nSPS) is 23.8. The minimum Gasteiger partial charge on any atom is -0.369 e. The molecule has 2 heteroatoms. The van der Waals surface area contributed by atoms with Crippen LogP contribution in [0.5, 0.6) is 0 Å². The van der Waals surface area contributed by atoms with Crippen LogP contribution < -0.4 is 5.73 Å². The summed E-state index contributed by atoms with van der Waals surface area (Å²) in [6.07, 6.45) is 5.39. The van der Waals surface area contributed by atoms with Gasteiger partial charge in [0.05, 0.1) is 5.41 Å². The lowest BCUT2D eigenvalue weighted by Crippen LogP contribution is -2.34. The monoisotopic (exact) mass is 215 g/mol. The fraction of sp³-hybridized carbons (Fsp3) is 0.500. The summed E-state index contributed by atoms with van der Waals surface area (Å²) in [5.41, 5.74) is 6.97. The minimum absolute atomic E-state index is 0.0686. The Morgan fingerprint density at radius 2 is 1.75 bits per heavy atom. The Kier molecular flexibility index (Phi) is 1.91. The fourth-order valence-electron chi connectivity index (χ4n) is 3.13. The van der Waals surface area contributed by atoms with E-state index >= 15 is 0 Å². The second-order valence-electron chi connectivity index (χ2n) is 5.39. The highest BCUT2D eigenvalue weighted by atomic mass is 16.1. The van der Waals surface area contributed by atoms with Crippen LogP contribution in [-0.4, -0.2) is 5.91 Å². The van der Waals surface area contributed by atoms with E-state index in [9.17, 15) is 4.79 Å². The van der Waals surface area contributed by atoms with Gasteiger partial charge in [0.2, 0.25) is 5.91 Å². The van der Waals surface area contributed by atoms with Crippen molar-refractivity contribution in [2.75, 3.05) is 0 Å². The Hall–Kier alpha value is -1.31. The molecule has 1 amide bonds. The summed E-state index contributed by atoms with van der Waals surface area (Å²) in [6, 6.07) is 10.5. The van der Waals surface area contributed by atoms with Crippen molar-refractivity contribution in [3.8, 4) is 0 Å². The molecule has 0 unspecified atom stereocenters. The summed E-state index contributed by atoms with van der Waals surface area (Å²) >= 11 is 0. The molecular weight excluding hydrogens is 198 g/mol. The van der Waals surface area contributed by atoms with Gasteiger partial charge in [-0.3, -0.25) is 4.79 Å². The van der Waals surface area contributed by atoms with Crippen LogP contribution in [0.3, 0.4) is 0 Å². The summed E-state index contributed by atoms with van der Waals surface area (Å²) in [5, 5.41) is 0. The third-order valence-corrected chi connectivity index (χ3v) is 4.48. The quantitative estimate of drug-likeness (QED) is 0.822. The highest BCUT2D eigenvalue weighted by molar-refractivity contribution is 5.85. The third kappa shape index (κ3) is 1.29. The van der Waals surface area contributed by atoms with Crippen molar-refractivity contribution < 1.29 is 4.79 Å². The highest BCUT2D eigenvalue weighted by Gasteiger charge is 2.68. The molecule has 0 heterocycles. The van der Waals surface area contributed by atoms with E-state index in [4.69, 9.17) is 5.73 Å². The van der Waals surface area contributed by atoms with Crippen molar-refractivity contribution in [2.24, 2.45) is 16.6 Å². The summed E-state index contributed by atoms with van der Waals surface area (Å²) in [6.45, 7) is 0. The number of hydrogen-bond donors (Lipinski definition) is 1. The maximum atomic E-state index is 11.6. The van der Waals surface area contributed by atoms with Crippen molar-refractivity contribution >= 4 is 5.91 Å². The Balaban J connectivity index is 1.83. The van der Waals surface area contributed by atoms with Gasteiger partial charge in [0.25, 0.3) is 0 Å². The standard InChI is InChI=1S/C14H17NO/c15-12(16)14(8-9-14)13(6-7-13)10-11-4-2-1-3-5-11/h1-5H,6-10H2,(H2,15,16). The van der Waals surface area contributed by atoms with Gasteiger partial charge in [-0.25, -0.2) is 0 Å². The van der Waals surface area contributed by atoms with E-state index in [1.54, 1.807) is 0 Å². The first kappa shape index (κ1) is 9.88. The smallest absolute Gasteiger partial charge is 0.224 e. The van der Waals surface area contributed by atoms with E-state index in [-0.39, 0.29) is 16.7 Å². The SMILES string of the molecule is NC(=O)C1(C2(Cc3ccccc3)CC2)CC1. The first-order chi connectivity index (χ1) is 7.69. The Labute approximate surface area is 95.8 Å². The predicted molar refractivity (Wildman–Crippen MR) is 62.7 cm³/mol. The highest BCUT2D eigenvalue weighted by Crippen LogP contribution is 2.71. The number of rotatable bonds is 4. The van der Waals surface area contributed by atoms with Crippen LogP contribution in [0.4, 0.5) is 0 Å². The molecule has 0 spiro atoms. The summed E-state index contributed by atoms with van der Waals surface area (Å²) < 4.78 is 0. The number of hydrogen-bond acceptors (Lipinski definition) is 1. The molecule has 2 fully saturated rings. The molecule has 0 saturated heterocycles. The van der Waals surface area contributed by atoms with Gasteiger partial charge in [0.15, 0.2) is 0 Å². The first-order valence-corrected chi connectivity index (χ1v) is 6.02. The molecule has 0 aromatic heterocycles. The lowest BCUT2D eigenvalue weighted by Gasteiger charge is -2.23. The van der Waals surface area contributed by atoms with Crippen molar-refractivity contribution in [3.63, 3.8) is 0 Å².